The molecule has 9 heteroatoms. The quantitative estimate of drug-likeness (QED) is 0.619. The number of carbonyl (C=O) groups is 1. The molecule has 176 valence electrons. The molecule has 0 aliphatic carbocycles. The van der Waals surface area contributed by atoms with Gasteiger partial charge >= 0.3 is 12.5 Å². The molecule has 2 aromatic carbocycles. The Labute approximate surface area is 194 Å². The van der Waals surface area contributed by atoms with Crippen LogP contribution >= 0.6 is 11.8 Å². The third-order valence-electron chi connectivity index (χ3n) is 6.60. The maximum atomic E-state index is 12.6. The van der Waals surface area contributed by atoms with Gasteiger partial charge in [0.25, 0.3) is 0 Å². The van der Waals surface area contributed by atoms with Crippen molar-refractivity contribution >= 4 is 17.9 Å². The Morgan fingerprint density at radius 2 is 1.85 bits per heavy atom. The van der Waals surface area contributed by atoms with Crippen molar-refractivity contribution in [1.29, 1.82) is 0 Å². The third-order valence-corrected chi connectivity index (χ3v) is 7.71. The van der Waals surface area contributed by atoms with Crippen LogP contribution in [0.15, 0.2) is 47.4 Å². The molecule has 1 amide bonds. The fourth-order valence-electron chi connectivity index (χ4n) is 4.95. The van der Waals surface area contributed by atoms with E-state index in [2.05, 4.69) is 15.0 Å². The average Bonchev–Trinajstić information content (AvgIpc) is 2.79. The van der Waals surface area contributed by atoms with Crippen LogP contribution in [0.1, 0.15) is 30.9 Å². The van der Waals surface area contributed by atoms with Crippen LogP contribution in [0.25, 0.3) is 11.1 Å². The van der Waals surface area contributed by atoms with Crippen LogP contribution in [0.2, 0.25) is 0 Å². The summed E-state index contributed by atoms with van der Waals surface area (Å²) in [5, 5.41) is 3.04. The summed E-state index contributed by atoms with van der Waals surface area (Å²) < 4.78 is 47.5. The lowest BCUT2D eigenvalue weighted by atomic mass is 9.86. The van der Waals surface area contributed by atoms with E-state index < -0.39 is 6.36 Å². The summed E-state index contributed by atoms with van der Waals surface area (Å²) in [5.41, 5.74) is 2.44. The van der Waals surface area contributed by atoms with Gasteiger partial charge in [-0.25, -0.2) is 4.79 Å². The van der Waals surface area contributed by atoms with Gasteiger partial charge in [0.05, 0.1) is 6.04 Å². The molecule has 2 aromatic rings. The van der Waals surface area contributed by atoms with Gasteiger partial charge in [-0.15, -0.1) is 24.9 Å². The second-order valence-electron chi connectivity index (χ2n) is 8.74. The maximum Gasteiger partial charge on any atom is 0.573 e. The van der Waals surface area contributed by atoms with Crippen LogP contribution in [-0.2, 0) is 4.74 Å². The number of fused-ring (bicyclic) bond motifs is 4. The number of nitrogens with one attached hydrogen (secondary N) is 1. The van der Waals surface area contributed by atoms with Crippen molar-refractivity contribution < 1.29 is 27.4 Å². The number of hydrogen-bond acceptors (Lipinski definition) is 5. The van der Waals surface area contributed by atoms with Crippen molar-refractivity contribution in [3.63, 3.8) is 0 Å². The minimum Gasteiger partial charge on any atom is -0.445 e. The number of alkyl carbamates (subject to hydrolysis) is 1. The van der Waals surface area contributed by atoms with Crippen LogP contribution in [0.5, 0.6) is 5.75 Å². The van der Waals surface area contributed by atoms with Crippen molar-refractivity contribution in [2.45, 2.75) is 42.7 Å². The first-order valence-electron chi connectivity index (χ1n) is 11.2. The summed E-state index contributed by atoms with van der Waals surface area (Å²) in [6, 6.07) is 11.6. The van der Waals surface area contributed by atoms with Crippen molar-refractivity contribution in [1.82, 2.24) is 10.2 Å². The van der Waals surface area contributed by atoms with Gasteiger partial charge in [0, 0.05) is 17.2 Å². The average molecular weight is 479 g/mol. The Bertz CT molecular complexity index is 1020. The molecule has 4 aliphatic rings. The molecule has 2 bridgehead atoms. The van der Waals surface area contributed by atoms with Gasteiger partial charge in [-0.2, -0.15) is 0 Å². The summed E-state index contributed by atoms with van der Waals surface area (Å²) in [6.07, 6.45) is -2.19. The van der Waals surface area contributed by atoms with Crippen molar-refractivity contribution in [2.24, 2.45) is 5.92 Å². The van der Waals surface area contributed by atoms with E-state index in [0.29, 0.717) is 11.5 Å². The lowest BCUT2D eigenvalue weighted by Crippen LogP contribution is -2.52. The molecule has 3 fully saturated rings. The van der Waals surface area contributed by atoms with Crippen molar-refractivity contribution in [2.75, 3.05) is 25.4 Å². The number of carbonyl (C=O) groups excluding carboxylic acids is 1. The Balaban J connectivity index is 1.28. The predicted octanol–water partition coefficient (Wildman–Crippen LogP) is 5.61. The summed E-state index contributed by atoms with van der Waals surface area (Å²) in [6.45, 7) is 3.00. The van der Waals surface area contributed by atoms with Gasteiger partial charge in [0.1, 0.15) is 11.9 Å². The highest BCUT2D eigenvalue weighted by Crippen LogP contribution is 2.39. The summed E-state index contributed by atoms with van der Waals surface area (Å²) in [5.74, 6) is 1.04. The van der Waals surface area contributed by atoms with Gasteiger partial charge in [-0.1, -0.05) is 24.3 Å². The number of thioether (sulfide) groups is 1. The van der Waals surface area contributed by atoms with Crippen molar-refractivity contribution in [3.8, 4) is 16.9 Å². The van der Waals surface area contributed by atoms with Gasteiger partial charge in [-0.05, 0) is 73.2 Å². The number of alkyl halides is 3. The topological polar surface area (TPSA) is 50.8 Å². The third kappa shape index (κ3) is 5.24. The zero-order chi connectivity index (χ0) is 23.0. The largest absolute Gasteiger partial charge is 0.573 e. The van der Waals surface area contributed by atoms with Gasteiger partial charge in [-0.3, -0.25) is 4.90 Å². The lowest BCUT2D eigenvalue weighted by molar-refractivity contribution is -0.274. The van der Waals surface area contributed by atoms with Crippen molar-refractivity contribution in [3.05, 3.63) is 48.0 Å². The molecule has 4 heterocycles. The highest BCUT2D eigenvalue weighted by molar-refractivity contribution is 7.99. The smallest absolute Gasteiger partial charge is 0.445 e. The Hall–Kier alpha value is -2.39. The van der Waals surface area contributed by atoms with Crippen LogP contribution < -0.4 is 10.1 Å². The molecule has 1 N–H and O–H groups in total. The van der Waals surface area contributed by atoms with E-state index in [1.807, 2.05) is 18.2 Å². The zero-order valence-corrected chi connectivity index (χ0v) is 18.8. The minimum absolute atomic E-state index is 0.0431. The van der Waals surface area contributed by atoms with Crippen LogP contribution in [0.3, 0.4) is 0 Å². The second kappa shape index (κ2) is 9.10. The first-order chi connectivity index (χ1) is 15.8. The SMILES string of the molecule is O=C(NC1CCSc2cc(-c3cccc(OC(F)(F)F)c3)ccc21)O[C@H]1CN2CCC1CC2. The van der Waals surface area contributed by atoms with E-state index in [-0.39, 0.29) is 24.0 Å². The van der Waals surface area contributed by atoms with Gasteiger partial charge in [0.15, 0.2) is 0 Å². The molecular formula is C24H25F3N2O3S. The maximum absolute atomic E-state index is 12.6. The molecule has 5 nitrogen and oxygen atoms in total. The van der Waals surface area contributed by atoms with Crippen LogP contribution in [0, 0.1) is 5.92 Å². The normalized spacial score (nSPS) is 26.4. The molecular weight excluding hydrogens is 453 g/mol. The molecule has 2 atom stereocenters. The van der Waals surface area contributed by atoms with E-state index in [1.54, 1.807) is 17.8 Å². The molecule has 33 heavy (non-hydrogen) atoms. The highest BCUT2D eigenvalue weighted by Gasteiger charge is 2.37. The van der Waals surface area contributed by atoms with Gasteiger partial charge in [0.2, 0.25) is 0 Å². The number of rotatable bonds is 4. The summed E-state index contributed by atoms with van der Waals surface area (Å²) in [4.78, 5) is 16.0. The molecule has 3 saturated heterocycles. The van der Waals surface area contributed by atoms with E-state index in [0.717, 1.165) is 60.7 Å². The second-order valence-corrected chi connectivity index (χ2v) is 9.88. The van der Waals surface area contributed by atoms with Gasteiger partial charge < -0.3 is 14.8 Å². The molecule has 4 aliphatic heterocycles. The van der Waals surface area contributed by atoms with E-state index in [9.17, 15) is 18.0 Å². The minimum atomic E-state index is -4.73. The monoisotopic (exact) mass is 478 g/mol. The summed E-state index contributed by atoms with van der Waals surface area (Å²) in [7, 11) is 0. The Kier molecular flexibility index (Phi) is 6.18. The van der Waals surface area contributed by atoms with E-state index in [4.69, 9.17) is 4.74 Å². The zero-order valence-electron chi connectivity index (χ0n) is 17.9. The number of benzene rings is 2. The number of halogens is 3. The molecule has 6 rings (SSSR count). The Morgan fingerprint density at radius 1 is 1.06 bits per heavy atom. The molecule has 0 saturated carbocycles. The molecule has 0 spiro atoms. The predicted molar refractivity (Wildman–Crippen MR) is 119 cm³/mol. The number of hydrogen-bond donors (Lipinski definition) is 1. The molecule has 0 radical (unpaired) electrons. The standard InChI is InChI=1S/C24H25F3N2O3S/c25-24(26,27)32-18-3-1-2-16(12-18)17-4-5-19-20(8-11-33-22(19)13-17)28-23(30)31-21-14-29-9-6-15(21)7-10-29/h1-5,12-13,15,20-21H,6-11,14H2,(H,28,30)/t20?,21-/m0/s1. The summed E-state index contributed by atoms with van der Waals surface area (Å²) >= 11 is 1.68. The fraction of sp³-hybridized carbons (Fsp3) is 0.458. The number of nitrogens with zero attached hydrogens (tertiary/aromatic N) is 1. The first kappa shape index (κ1) is 22.4. The molecule has 0 aromatic heterocycles. The van der Waals surface area contributed by atoms with Crippen LogP contribution in [0.4, 0.5) is 18.0 Å². The Morgan fingerprint density at radius 3 is 2.58 bits per heavy atom. The number of ether oxygens (including phenoxy) is 2. The van der Waals surface area contributed by atoms with E-state index in [1.165, 1.54) is 18.2 Å². The number of piperidine rings is 3. The lowest BCUT2D eigenvalue weighted by Gasteiger charge is -2.44. The molecule has 1 unspecified atom stereocenters. The van der Waals surface area contributed by atoms with E-state index >= 15 is 0 Å². The van der Waals surface area contributed by atoms with Crippen LogP contribution in [-0.4, -0.2) is 48.8 Å². The number of amides is 1. The first-order valence-corrected chi connectivity index (χ1v) is 12.1. The fourth-order valence-corrected chi connectivity index (χ4v) is 6.11. The highest BCUT2D eigenvalue weighted by atomic mass is 32.2.